The molecule has 3 aromatic carbocycles. The first-order chi connectivity index (χ1) is 28.9. The third-order valence-corrected chi connectivity index (χ3v) is 17.3. The van der Waals surface area contributed by atoms with E-state index in [1.54, 1.807) is 20.8 Å². The lowest BCUT2D eigenvalue weighted by atomic mass is 9.57. The normalized spacial score (nSPS) is 21.5. The largest absolute Gasteiger partial charge is 0.514 e. The number of nitrogens with zero attached hydrogens (tertiary/aromatic N) is 4. The molecule has 3 aliphatic carbocycles. The van der Waals surface area contributed by atoms with Gasteiger partial charge in [-0.25, -0.2) is 4.79 Å². The quantitative estimate of drug-likeness (QED) is 0.0701. The van der Waals surface area contributed by atoms with E-state index in [9.17, 15) is 9.90 Å². The molecule has 1 heterocycles. The first-order valence-electron chi connectivity index (χ1n) is 21.3. The zero-order valence-electron chi connectivity index (χ0n) is 38.7. The van der Waals surface area contributed by atoms with E-state index in [1.165, 1.54) is 0 Å². The SMILES string of the molecule is CN(C)Cc1ccc2c(N(C)C)c3c(c(OC(=O)OC(C)(C)C)c2c1)C(O)=C1C(=O)[C@]2(O[Si](C)(C)C(C)(C)C)C(=O)c4c(OCc5ccccc5)noc4[C@@H](N(C)C)[C@@H]2C[C@@H]1C3. The molecule has 13 nitrogen and oxygen atoms in total. The second kappa shape index (κ2) is 16.0. The van der Waals surface area contributed by atoms with Crippen molar-refractivity contribution in [2.45, 2.75) is 103 Å². The lowest BCUT2D eigenvalue weighted by Crippen LogP contribution is -2.68. The minimum atomic E-state index is -2.99. The number of benzene rings is 3. The van der Waals surface area contributed by atoms with Gasteiger partial charge in [-0.3, -0.25) is 14.5 Å². The molecule has 4 aromatic rings. The molecule has 0 amide bonds. The van der Waals surface area contributed by atoms with Crippen LogP contribution in [-0.2, 0) is 33.5 Å². The second-order valence-corrected chi connectivity index (χ2v) is 25.0. The summed E-state index contributed by atoms with van der Waals surface area (Å²) < 4.78 is 31.5. The number of Topliss-reactive ketones (excluding diaryl/α,β-unsaturated/α-hetero) is 2. The van der Waals surface area contributed by atoms with E-state index < -0.39 is 60.2 Å². The van der Waals surface area contributed by atoms with Crippen molar-refractivity contribution in [3.05, 3.63) is 87.7 Å². The summed E-state index contributed by atoms with van der Waals surface area (Å²) in [6.45, 7) is 16.2. The van der Waals surface area contributed by atoms with Gasteiger partial charge in [-0.2, -0.15) is 0 Å². The van der Waals surface area contributed by atoms with E-state index in [-0.39, 0.29) is 47.1 Å². The third-order valence-electron chi connectivity index (χ3n) is 12.8. The Balaban J connectivity index is 1.50. The zero-order chi connectivity index (χ0) is 45.4. The molecule has 332 valence electrons. The predicted molar refractivity (Wildman–Crippen MR) is 241 cm³/mol. The van der Waals surface area contributed by atoms with Crippen molar-refractivity contribution in [2.75, 3.05) is 47.2 Å². The maximum absolute atomic E-state index is 16.1. The van der Waals surface area contributed by atoms with Gasteiger partial charge in [0.05, 0.1) is 11.6 Å². The van der Waals surface area contributed by atoms with Crippen LogP contribution in [0.5, 0.6) is 11.6 Å². The van der Waals surface area contributed by atoms with Crippen molar-refractivity contribution in [3.8, 4) is 11.6 Å². The number of anilines is 1. The molecule has 1 fully saturated rings. The monoisotopic (exact) mass is 866 g/mol. The summed E-state index contributed by atoms with van der Waals surface area (Å²) in [5.74, 6) is -2.52. The zero-order valence-corrected chi connectivity index (χ0v) is 39.7. The number of rotatable bonds is 10. The van der Waals surface area contributed by atoms with Gasteiger partial charge in [0.15, 0.2) is 25.4 Å². The van der Waals surface area contributed by atoms with Crippen LogP contribution in [0.3, 0.4) is 0 Å². The number of ketones is 2. The van der Waals surface area contributed by atoms with Gasteiger partial charge in [0, 0.05) is 48.6 Å². The number of aliphatic hydroxyl groups is 1. The number of ether oxygens (including phenoxy) is 3. The fraction of sp³-hybridized carbons (Fsp3) is 0.500. The average Bonchev–Trinajstić information content (AvgIpc) is 3.57. The minimum Gasteiger partial charge on any atom is -0.507 e. The Morgan fingerprint density at radius 1 is 0.919 bits per heavy atom. The summed E-state index contributed by atoms with van der Waals surface area (Å²) in [5, 5.41) is 18.2. The summed E-state index contributed by atoms with van der Waals surface area (Å²) in [7, 11) is 8.59. The van der Waals surface area contributed by atoms with Crippen molar-refractivity contribution < 1.29 is 42.6 Å². The highest BCUT2D eigenvalue weighted by Gasteiger charge is 2.69. The number of hydrogen-bond acceptors (Lipinski definition) is 13. The van der Waals surface area contributed by atoms with Crippen LogP contribution in [0.25, 0.3) is 16.5 Å². The van der Waals surface area contributed by atoms with E-state index in [1.807, 2.05) is 119 Å². The smallest absolute Gasteiger partial charge is 0.507 e. The molecular weight excluding hydrogens is 805 g/mol. The molecular formula is C48H62N4O9Si. The van der Waals surface area contributed by atoms with Crippen LogP contribution in [0, 0.1) is 11.8 Å². The number of hydrogen-bond donors (Lipinski definition) is 1. The first kappa shape index (κ1) is 45.0. The van der Waals surface area contributed by atoms with Crippen LogP contribution in [0.2, 0.25) is 18.1 Å². The highest BCUT2D eigenvalue weighted by atomic mass is 28.4. The topological polar surface area (TPSA) is 144 Å². The first-order valence-corrected chi connectivity index (χ1v) is 24.2. The molecule has 62 heavy (non-hydrogen) atoms. The molecule has 7 rings (SSSR count). The molecule has 1 aromatic heterocycles. The Labute approximate surface area is 366 Å². The number of carbonyl (C=O) groups excluding carboxylic acids is 3. The van der Waals surface area contributed by atoms with E-state index in [0.29, 0.717) is 29.7 Å². The number of aromatic nitrogens is 1. The Bertz CT molecular complexity index is 2460. The summed E-state index contributed by atoms with van der Waals surface area (Å²) in [5.41, 5.74) is 0.679. The van der Waals surface area contributed by atoms with Crippen LogP contribution in [0.1, 0.15) is 92.4 Å². The van der Waals surface area contributed by atoms with Crippen molar-refractivity contribution in [3.63, 3.8) is 0 Å². The summed E-state index contributed by atoms with van der Waals surface area (Å²) in [6, 6.07) is 14.9. The maximum atomic E-state index is 16.1. The summed E-state index contributed by atoms with van der Waals surface area (Å²) >= 11 is 0. The molecule has 0 unspecified atom stereocenters. The fourth-order valence-electron chi connectivity index (χ4n) is 9.27. The van der Waals surface area contributed by atoms with Gasteiger partial charge in [-0.1, -0.05) is 63.2 Å². The Morgan fingerprint density at radius 2 is 1.60 bits per heavy atom. The van der Waals surface area contributed by atoms with Crippen LogP contribution in [0.15, 0.2) is 58.6 Å². The molecule has 0 saturated heterocycles. The highest BCUT2D eigenvalue weighted by molar-refractivity contribution is 6.74. The third kappa shape index (κ3) is 7.73. The van der Waals surface area contributed by atoms with E-state index in [2.05, 4.69) is 25.9 Å². The van der Waals surface area contributed by atoms with Crippen molar-refractivity contribution in [1.29, 1.82) is 0 Å². The standard InChI is InChI=1S/C48H62N4O9Si/c1-46(2,3)59-45(56)58-40-31-22-28(25-50(7)8)20-21-30(31)37(51(9)10)32-23-29-24-33-38(52(11)12)41-36(44(49-60-41)57-26-27-18-16-15-17-19-27)43(55)48(33,61-62(13,14)47(4,5)6)42(54)34(29)39(53)35(32)40/h15-22,29,33,38,53H,23-26H2,1-14H3/t29-,33-,38-,48-/m0/s1. The van der Waals surface area contributed by atoms with E-state index in [4.69, 9.17) is 23.2 Å². The van der Waals surface area contributed by atoms with Crippen LogP contribution in [0.4, 0.5) is 10.5 Å². The molecule has 14 heteroatoms. The van der Waals surface area contributed by atoms with Crippen molar-refractivity contribution in [1.82, 2.24) is 15.0 Å². The fourth-order valence-corrected chi connectivity index (χ4v) is 10.7. The van der Waals surface area contributed by atoms with E-state index >= 15 is 9.59 Å². The molecule has 1 saturated carbocycles. The maximum Gasteiger partial charge on any atom is 0.514 e. The van der Waals surface area contributed by atoms with Crippen LogP contribution >= 0.6 is 0 Å². The van der Waals surface area contributed by atoms with Gasteiger partial charge < -0.3 is 38.1 Å². The summed E-state index contributed by atoms with van der Waals surface area (Å²) in [4.78, 5) is 51.5. The molecule has 4 atom stereocenters. The van der Waals surface area contributed by atoms with E-state index in [0.717, 1.165) is 22.2 Å². The molecule has 0 spiro atoms. The number of carbonyl (C=O) groups is 3. The highest BCUT2D eigenvalue weighted by Crippen LogP contribution is 2.60. The molecule has 1 N–H and O–H groups in total. The van der Waals surface area contributed by atoms with Crippen molar-refractivity contribution in [2.24, 2.45) is 11.8 Å². The average molecular weight is 867 g/mol. The Hall–Kier alpha value is -5.02. The molecule has 3 aliphatic rings. The lowest BCUT2D eigenvalue weighted by Gasteiger charge is -2.55. The van der Waals surface area contributed by atoms with Gasteiger partial charge in [-0.05, 0) is 114 Å². The minimum absolute atomic E-state index is 0.0249. The number of fused-ring (bicyclic) bond motifs is 5. The Kier molecular flexibility index (Phi) is 11.6. The van der Waals surface area contributed by atoms with Crippen molar-refractivity contribution >= 4 is 48.3 Å². The van der Waals surface area contributed by atoms with Gasteiger partial charge in [0.2, 0.25) is 11.6 Å². The second-order valence-electron chi connectivity index (χ2n) is 20.3. The number of aliphatic hydroxyl groups excluding tert-OH is 1. The van der Waals surface area contributed by atoms with Crippen LogP contribution < -0.4 is 14.4 Å². The molecule has 0 radical (unpaired) electrons. The summed E-state index contributed by atoms with van der Waals surface area (Å²) in [6.07, 6.45) is -0.379. The van der Waals surface area contributed by atoms with Gasteiger partial charge >= 0.3 is 6.16 Å². The lowest BCUT2D eigenvalue weighted by molar-refractivity contribution is -0.140. The predicted octanol–water partition coefficient (Wildman–Crippen LogP) is 9.14. The Morgan fingerprint density at radius 3 is 2.19 bits per heavy atom. The molecule has 0 aliphatic heterocycles. The van der Waals surface area contributed by atoms with Gasteiger partial charge in [-0.15, -0.1) is 0 Å². The molecule has 0 bridgehead atoms. The van der Waals surface area contributed by atoms with Gasteiger partial charge in [0.25, 0.3) is 5.88 Å². The van der Waals surface area contributed by atoms with Gasteiger partial charge in [0.1, 0.15) is 23.5 Å². The van der Waals surface area contributed by atoms with Crippen LogP contribution in [-0.4, -0.2) is 99.6 Å².